The van der Waals surface area contributed by atoms with E-state index in [0.29, 0.717) is 17.7 Å². The van der Waals surface area contributed by atoms with Gasteiger partial charge < -0.3 is 9.84 Å². The van der Waals surface area contributed by atoms with Crippen LogP contribution >= 0.6 is 0 Å². The summed E-state index contributed by atoms with van der Waals surface area (Å²) in [6.45, 7) is 1.97. The average molecular weight is 233 g/mol. The summed E-state index contributed by atoms with van der Waals surface area (Å²) in [5, 5.41) is 11.2. The molecule has 1 aromatic carbocycles. The molecular weight excluding hydrogens is 218 g/mol. The number of carbonyl (C=O) groups is 1. The first-order valence-electron chi connectivity index (χ1n) is 5.22. The second-order valence-electron chi connectivity index (χ2n) is 3.44. The molecule has 0 aliphatic rings. The van der Waals surface area contributed by atoms with Crippen LogP contribution in [-0.2, 0) is 4.74 Å². The first-order valence-corrected chi connectivity index (χ1v) is 5.22. The average Bonchev–Trinajstić information content (AvgIpc) is 2.32. The Labute approximate surface area is 101 Å². The van der Waals surface area contributed by atoms with Crippen LogP contribution in [0, 0.1) is 18.8 Å². The Morgan fingerprint density at radius 3 is 2.94 bits per heavy atom. The maximum Gasteiger partial charge on any atom is 0.411 e. The van der Waals surface area contributed by atoms with Crippen molar-refractivity contribution in [3.05, 3.63) is 29.3 Å². The Balaban J connectivity index is 2.96. The molecule has 0 radical (unpaired) electrons. The van der Waals surface area contributed by atoms with E-state index < -0.39 is 6.09 Å². The minimum absolute atomic E-state index is 0.0264. The highest BCUT2D eigenvalue weighted by Crippen LogP contribution is 2.16. The quantitative estimate of drug-likeness (QED) is 0.767. The van der Waals surface area contributed by atoms with Gasteiger partial charge in [-0.1, -0.05) is 17.9 Å². The molecule has 0 atom stereocenters. The second kappa shape index (κ2) is 6.56. The van der Waals surface area contributed by atoms with E-state index in [1.807, 2.05) is 19.1 Å². The van der Waals surface area contributed by atoms with Crippen molar-refractivity contribution in [1.29, 1.82) is 0 Å². The number of hydrogen-bond donors (Lipinski definition) is 2. The van der Waals surface area contributed by atoms with E-state index in [4.69, 9.17) is 5.11 Å². The molecule has 1 aromatic rings. The van der Waals surface area contributed by atoms with Crippen molar-refractivity contribution in [2.75, 3.05) is 19.0 Å². The fourth-order valence-corrected chi connectivity index (χ4v) is 1.25. The Morgan fingerprint density at radius 2 is 2.29 bits per heavy atom. The number of hydrogen-bond acceptors (Lipinski definition) is 3. The van der Waals surface area contributed by atoms with Gasteiger partial charge in [0.05, 0.1) is 19.4 Å². The molecule has 2 N–H and O–H groups in total. The second-order valence-corrected chi connectivity index (χ2v) is 3.44. The molecule has 1 rings (SSSR count). The van der Waals surface area contributed by atoms with Crippen LogP contribution in [0.5, 0.6) is 0 Å². The van der Waals surface area contributed by atoms with Gasteiger partial charge in [0.1, 0.15) is 0 Å². The molecule has 4 heteroatoms. The lowest BCUT2D eigenvalue weighted by Crippen LogP contribution is -2.12. The van der Waals surface area contributed by atoms with Crippen molar-refractivity contribution >= 4 is 11.8 Å². The monoisotopic (exact) mass is 233 g/mol. The summed E-state index contributed by atoms with van der Waals surface area (Å²) in [4.78, 5) is 11.1. The summed E-state index contributed by atoms with van der Waals surface area (Å²) in [6.07, 6.45) is -0.120. The van der Waals surface area contributed by atoms with Crippen LogP contribution in [-0.4, -0.2) is 24.9 Å². The van der Waals surface area contributed by atoms with Gasteiger partial charge in [-0.05, 0) is 24.6 Å². The third kappa shape index (κ3) is 4.17. The number of aliphatic hydroxyl groups excluding tert-OH is 1. The highest BCUT2D eigenvalue weighted by Gasteiger charge is 2.04. The van der Waals surface area contributed by atoms with E-state index in [1.54, 1.807) is 6.07 Å². The van der Waals surface area contributed by atoms with Gasteiger partial charge in [-0.15, -0.1) is 0 Å². The molecule has 0 fully saturated rings. The van der Waals surface area contributed by atoms with Gasteiger partial charge in [0, 0.05) is 12.0 Å². The van der Waals surface area contributed by atoms with Crippen LogP contribution in [0.3, 0.4) is 0 Å². The maximum atomic E-state index is 11.1. The first kappa shape index (κ1) is 13.1. The van der Waals surface area contributed by atoms with Gasteiger partial charge in [0.15, 0.2) is 0 Å². The number of methoxy groups -OCH3 is 1. The molecule has 0 aromatic heterocycles. The van der Waals surface area contributed by atoms with E-state index in [2.05, 4.69) is 21.9 Å². The predicted octanol–water partition coefficient (Wildman–Crippen LogP) is 1.91. The molecule has 0 unspecified atom stereocenters. The van der Waals surface area contributed by atoms with Crippen molar-refractivity contribution < 1.29 is 14.6 Å². The fraction of sp³-hybridized carbons (Fsp3) is 0.308. The van der Waals surface area contributed by atoms with E-state index in [9.17, 15) is 4.79 Å². The number of carbonyl (C=O) groups excluding carboxylic acids is 1. The zero-order chi connectivity index (χ0) is 12.7. The van der Waals surface area contributed by atoms with Crippen molar-refractivity contribution in [2.45, 2.75) is 13.3 Å². The predicted molar refractivity (Wildman–Crippen MR) is 65.8 cm³/mol. The lowest BCUT2D eigenvalue weighted by molar-refractivity contribution is 0.187. The van der Waals surface area contributed by atoms with Crippen molar-refractivity contribution in [1.82, 2.24) is 0 Å². The van der Waals surface area contributed by atoms with Crippen LogP contribution in [0.25, 0.3) is 0 Å². The fourth-order valence-electron chi connectivity index (χ4n) is 1.25. The number of amides is 1. The van der Waals surface area contributed by atoms with Gasteiger partial charge in [0.2, 0.25) is 0 Å². The van der Waals surface area contributed by atoms with Gasteiger partial charge in [0.25, 0.3) is 0 Å². The van der Waals surface area contributed by atoms with Crippen molar-refractivity contribution in [2.24, 2.45) is 0 Å². The van der Waals surface area contributed by atoms with Gasteiger partial charge in [-0.25, -0.2) is 4.79 Å². The highest BCUT2D eigenvalue weighted by atomic mass is 16.5. The van der Waals surface area contributed by atoms with E-state index in [1.165, 1.54) is 7.11 Å². The van der Waals surface area contributed by atoms with Gasteiger partial charge >= 0.3 is 6.09 Å². The third-order valence-corrected chi connectivity index (χ3v) is 2.06. The zero-order valence-electron chi connectivity index (χ0n) is 9.91. The molecule has 17 heavy (non-hydrogen) atoms. The number of aryl methyl sites for hydroxylation is 1. The SMILES string of the molecule is COC(=O)Nc1ccc(C)cc1C#CCCO. The van der Waals surface area contributed by atoms with E-state index in [-0.39, 0.29) is 6.61 Å². The van der Waals surface area contributed by atoms with E-state index >= 15 is 0 Å². The lowest BCUT2D eigenvalue weighted by Gasteiger charge is -2.06. The summed E-state index contributed by atoms with van der Waals surface area (Å²) in [5.74, 6) is 5.72. The Morgan fingerprint density at radius 1 is 1.53 bits per heavy atom. The number of anilines is 1. The first-order chi connectivity index (χ1) is 8.17. The molecule has 0 spiro atoms. The van der Waals surface area contributed by atoms with Crippen LogP contribution in [0.1, 0.15) is 17.5 Å². The molecule has 4 nitrogen and oxygen atoms in total. The molecule has 0 bridgehead atoms. The number of benzene rings is 1. The Bertz CT molecular complexity index is 457. The topological polar surface area (TPSA) is 58.6 Å². The lowest BCUT2D eigenvalue weighted by atomic mass is 10.1. The normalized spacial score (nSPS) is 9.12. The number of rotatable bonds is 2. The minimum Gasteiger partial charge on any atom is -0.453 e. The van der Waals surface area contributed by atoms with E-state index in [0.717, 1.165) is 5.56 Å². The van der Waals surface area contributed by atoms with Crippen LogP contribution in [0.2, 0.25) is 0 Å². The molecular formula is C13H15NO3. The molecule has 1 amide bonds. The summed E-state index contributed by atoms with van der Waals surface area (Å²) >= 11 is 0. The molecule has 90 valence electrons. The van der Waals surface area contributed by atoms with Crippen molar-refractivity contribution in [3.8, 4) is 11.8 Å². The zero-order valence-corrected chi connectivity index (χ0v) is 9.91. The van der Waals surface area contributed by atoms with Crippen LogP contribution < -0.4 is 5.32 Å². The summed E-state index contributed by atoms with van der Waals surface area (Å²) in [6, 6.07) is 5.52. The van der Waals surface area contributed by atoms with Gasteiger partial charge in [-0.3, -0.25) is 5.32 Å². The van der Waals surface area contributed by atoms with Crippen molar-refractivity contribution in [3.63, 3.8) is 0 Å². The number of ether oxygens (including phenoxy) is 1. The third-order valence-electron chi connectivity index (χ3n) is 2.06. The number of nitrogens with one attached hydrogen (secondary N) is 1. The number of aliphatic hydroxyl groups is 1. The molecule has 0 aliphatic heterocycles. The standard InChI is InChI=1S/C13H15NO3/c1-10-6-7-12(14-13(16)17-2)11(9-10)5-3-4-8-15/h6-7,9,15H,4,8H2,1-2H3,(H,14,16). The maximum absolute atomic E-state index is 11.1. The molecule has 0 saturated heterocycles. The minimum atomic E-state index is -0.529. The van der Waals surface area contributed by atoms with Gasteiger partial charge in [-0.2, -0.15) is 0 Å². The smallest absolute Gasteiger partial charge is 0.411 e. The Hall–Kier alpha value is -1.99. The van der Waals surface area contributed by atoms with Crippen LogP contribution in [0.15, 0.2) is 18.2 Å². The largest absolute Gasteiger partial charge is 0.453 e. The van der Waals surface area contributed by atoms with Crippen LogP contribution in [0.4, 0.5) is 10.5 Å². The summed E-state index contributed by atoms with van der Waals surface area (Å²) < 4.78 is 4.53. The summed E-state index contributed by atoms with van der Waals surface area (Å²) in [7, 11) is 1.31. The highest BCUT2D eigenvalue weighted by molar-refractivity contribution is 5.86. The molecule has 0 aliphatic carbocycles. The Kier molecular flexibility index (Phi) is 5.05. The summed E-state index contributed by atoms with van der Waals surface area (Å²) in [5.41, 5.74) is 2.37. The molecule has 0 heterocycles. The molecule has 0 saturated carbocycles.